The minimum atomic E-state index is -1.06. The number of carbonyl (C=O) groups excluding carboxylic acids is 1. The lowest BCUT2D eigenvalue weighted by molar-refractivity contribution is -0.134. The monoisotopic (exact) mass is 378 g/mol. The van der Waals surface area contributed by atoms with Gasteiger partial charge in [0, 0.05) is 29.9 Å². The highest BCUT2D eigenvalue weighted by Gasteiger charge is 2.29. The van der Waals surface area contributed by atoms with E-state index in [2.05, 4.69) is 5.32 Å². The summed E-state index contributed by atoms with van der Waals surface area (Å²) in [5.74, 6) is 0.800. The van der Waals surface area contributed by atoms with Gasteiger partial charge in [-0.2, -0.15) is 0 Å². The summed E-state index contributed by atoms with van der Waals surface area (Å²) < 4.78 is 12.4. The van der Waals surface area contributed by atoms with E-state index in [1.807, 2.05) is 6.92 Å². The Kier molecular flexibility index (Phi) is 6.32. The molecule has 0 aliphatic heterocycles. The number of amides is 1. The molecule has 1 amide bonds. The fourth-order valence-electron chi connectivity index (χ4n) is 2.44. The average molecular weight is 379 g/mol. The van der Waals surface area contributed by atoms with Crippen LogP contribution in [0.4, 0.5) is 0 Å². The maximum Gasteiger partial charge on any atom is 0.263 e. The zero-order valence-corrected chi connectivity index (χ0v) is 16.1. The molecule has 2 aromatic rings. The quantitative estimate of drug-likeness (QED) is 0.804. The lowest BCUT2D eigenvalue weighted by Crippen LogP contribution is -2.47. The summed E-state index contributed by atoms with van der Waals surface area (Å²) >= 11 is 5.85. The highest BCUT2D eigenvalue weighted by atomic mass is 35.5. The number of halogens is 1. The van der Waals surface area contributed by atoms with E-state index in [4.69, 9.17) is 21.1 Å². The molecule has 7 heteroatoms. The number of ether oxygens (including phenoxy) is 2. The van der Waals surface area contributed by atoms with Crippen LogP contribution in [-0.4, -0.2) is 29.7 Å². The fourth-order valence-corrected chi connectivity index (χ4v) is 2.57. The van der Waals surface area contributed by atoms with Crippen molar-refractivity contribution in [1.82, 2.24) is 9.88 Å². The first-order chi connectivity index (χ1) is 12.2. The molecule has 0 fully saturated rings. The summed E-state index contributed by atoms with van der Waals surface area (Å²) in [5, 5.41) is 3.40. The molecule has 140 valence electrons. The molecule has 1 aromatic carbocycles. The molecule has 0 aliphatic rings. The summed E-state index contributed by atoms with van der Waals surface area (Å²) in [6.07, 6.45) is 0. The number of rotatable bonds is 7. The Morgan fingerprint density at radius 1 is 1.19 bits per heavy atom. The van der Waals surface area contributed by atoms with E-state index in [9.17, 15) is 9.59 Å². The Labute approximate surface area is 157 Å². The molecule has 26 heavy (non-hydrogen) atoms. The molecule has 1 aromatic heterocycles. The van der Waals surface area contributed by atoms with Crippen molar-refractivity contribution in [2.24, 2.45) is 0 Å². The minimum absolute atomic E-state index is 0.173. The van der Waals surface area contributed by atoms with Crippen molar-refractivity contribution >= 4 is 17.5 Å². The molecule has 0 unspecified atom stereocenters. The summed E-state index contributed by atoms with van der Waals surface area (Å²) in [6, 6.07) is 10.0. The maximum atomic E-state index is 12.4. The van der Waals surface area contributed by atoms with Crippen LogP contribution in [0.2, 0.25) is 5.02 Å². The van der Waals surface area contributed by atoms with E-state index in [0.29, 0.717) is 29.6 Å². The molecule has 1 N–H and O–H groups in total. The molecule has 0 aliphatic carbocycles. The van der Waals surface area contributed by atoms with E-state index in [-0.39, 0.29) is 11.5 Å². The van der Waals surface area contributed by atoms with Gasteiger partial charge in [0.25, 0.3) is 11.5 Å². The van der Waals surface area contributed by atoms with Gasteiger partial charge in [0.15, 0.2) is 5.60 Å². The summed E-state index contributed by atoms with van der Waals surface area (Å²) in [4.78, 5) is 24.5. The standard InChI is InChI=1S/C19H23ClN2O4/c1-13-11-16(25-4)12-17(23)22(13)10-9-21-18(24)19(2,3)26-15-7-5-14(20)6-8-15/h5-8,11-12H,9-10H2,1-4H3,(H,21,24). The molecule has 0 spiro atoms. The van der Waals surface area contributed by atoms with Crippen LogP contribution in [0.1, 0.15) is 19.5 Å². The van der Waals surface area contributed by atoms with E-state index < -0.39 is 5.60 Å². The molecule has 1 heterocycles. The second-order valence-corrected chi connectivity index (χ2v) is 6.79. The second-order valence-electron chi connectivity index (χ2n) is 6.35. The molecule has 0 saturated heterocycles. The normalized spacial score (nSPS) is 11.1. The smallest absolute Gasteiger partial charge is 0.263 e. The molecule has 0 bridgehead atoms. The van der Waals surface area contributed by atoms with Gasteiger partial charge in [0.1, 0.15) is 11.5 Å². The van der Waals surface area contributed by atoms with Crippen LogP contribution < -0.4 is 20.3 Å². The third-order valence-corrected chi connectivity index (χ3v) is 4.15. The van der Waals surface area contributed by atoms with Crippen LogP contribution in [0, 0.1) is 6.92 Å². The predicted octanol–water partition coefficient (Wildman–Crippen LogP) is 2.79. The van der Waals surface area contributed by atoms with Crippen LogP contribution >= 0.6 is 11.6 Å². The van der Waals surface area contributed by atoms with Gasteiger partial charge in [-0.25, -0.2) is 0 Å². The van der Waals surface area contributed by atoms with Crippen LogP contribution in [0.15, 0.2) is 41.2 Å². The van der Waals surface area contributed by atoms with Crippen LogP contribution in [0.5, 0.6) is 11.5 Å². The van der Waals surface area contributed by atoms with Gasteiger partial charge in [-0.15, -0.1) is 0 Å². The van der Waals surface area contributed by atoms with E-state index in [1.165, 1.54) is 13.2 Å². The molecule has 2 rings (SSSR count). The minimum Gasteiger partial charge on any atom is -0.496 e. The number of aryl methyl sites for hydroxylation is 1. The lowest BCUT2D eigenvalue weighted by atomic mass is 10.1. The largest absolute Gasteiger partial charge is 0.496 e. The zero-order valence-electron chi connectivity index (χ0n) is 15.3. The Bertz CT molecular complexity index is 828. The van der Waals surface area contributed by atoms with Crippen LogP contribution in [0.3, 0.4) is 0 Å². The Morgan fingerprint density at radius 3 is 2.42 bits per heavy atom. The molecule has 0 saturated carbocycles. The Morgan fingerprint density at radius 2 is 1.85 bits per heavy atom. The molecule has 0 radical (unpaired) electrons. The highest BCUT2D eigenvalue weighted by molar-refractivity contribution is 6.30. The van der Waals surface area contributed by atoms with Gasteiger partial charge in [-0.05, 0) is 51.1 Å². The third-order valence-electron chi connectivity index (χ3n) is 3.90. The number of pyridine rings is 1. The van der Waals surface area contributed by atoms with Gasteiger partial charge in [0.05, 0.1) is 7.11 Å². The second kappa shape index (κ2) is 8.27. The molecular weight excluding hydrogens is 356 g/mol. The average Bonchev–Trinajstić information content (AvgIpc) is 2.58. The van der Waals surface area contributed by atoms with E-state index >= 15 is 0 Å². The first kappa shape index (κ1) is 19.8. The molecule has 0 atom stereocenters. The predicted molar refractivity (Wildman–Crippen MR) is 101 cm³/mol. The van der Waals surface area contributed by atoms with Gasteiger partial charge in [-0.3, -0.25) is 9.59 Å². The number of hydrogen-bond donors (Lipinski definition) is 1. The molecular formula is C19H23ClN2O4. The Balaban J connectivity index is 1.95. The fraction of sp³-hybridized carbons (Fsp3) is 0.368. The van der Waals surface area contributed by atoms with Gasteiger partial charge in [0.2, 0.25) is 0 Å². The topological polar surface area (TPSA) is 69.6 Å². The van der Waals surface area contributed by atoms with Crippen molar-refractivity contribution in [1.29, 1.82) is 0 Å². The van der Waals surface area contributed by atoms with Gasteiger partial charge in [-0.1, -0.05) is 11.6 Å². The Hall–Kier alpha value is -2.47. The van der Waals surface area contributed by atoms with Gasteiger partial charge >= 0.3 is 0 Å². The van der Waals surface area contributed by atoms with Crippen LogP contribution in [0.25, 0.3) is 0 Å². The van der Waals surface area contributed by atoms with Crippen LogP contribution in [-0.2, 0) is 11.3 Å². The van der Waals surface area contributed by atoms with E-state index in [0.717, 1.165) is 5.69 Å². The number of hydrogen-bond acceptors (Lipinski definition) is 4. The van der Waals surface area contributed by atoms with Crippen molar-refractivity contribution in [2.45, 2.75) is 32.9 Å². The highest BCUT2D eigenvalue weighted by Crippen LogP contribution is 2.21. The zero-order chi connectivity index (χ0) is 19.3. The van der Waals surface area contributed by atoms with Crippen molar-refractivity contribution in [3.63, 3.8) is 0 Å². The number of aromatic nitrogens is 1. The van der Waals surface area contributed by atoms with E-state index in [1.54, 1.807) is 48.7 Å². The number of benzene rings is 1. The number of nitrogens with zero attached hydrogens (tertiary/aromatic N) is 1. The summed E-state index contributed by atoms with van der Waals surface area (Å²) in [7, 11) is 1.52. The first-order valence-corrected chi connectivity index (χ1v) is 8.59. The SMILES string of the molecule is COc1cc(C)n(CCNC(=O)C(C)(C)Oc2ccc(Cl)cc2)c(=O)c1. The summed E-state index contributed by atoms with van der Waals surface area (Å²) in [5.41, 5.74) is -0.471. The van der Waals surface area contributed by atoms with Crippen molar-refractivity contribution in [3.8, 4) is 11.5 Å². The van der Waals surface area contributed by atoms with Crippen molar-refractivity contribution < 1.29 is 14.3 Å². The number of carbonyl (C=O) groups is 1. The van der Waals surface area contributed by atoms with Crippen molar-refractivity contribution in [3.05, 3.63) is 57.5 Å². The number of nitrogens with one attached hydrogen (secondary N) is 1. The first-order valence-electron chi connectivity index (χ1n) is 8.21. The molecule has 6 nitrogen and oxygen atoms in total. The van der Waals surface area contributed by atoms with Crippen molar-refractivity contribution in [2.75, 3.05) is 13.7 Å². The lowest BCUT2D eigenvalue weighted by Gasteiger charge is -2.25. The number of methoxy groups -OCH3 is 1. The maximum absolute atomic E-state index is 12.4. The third kappa shape index (κ3) is 5.02. The summed E-state index contributed by atoms with van der Waals surface area (Å²) in [6.45, 7) is 5.85. The van der Waals surface area contributed by atoms with Gasteiger partial charge < -0.3 is 19.4 Å².